The summed E-state index contributed by atoms with van der Waals surface area (Å²) in [5.74, 6) is 0. The van der Waals surface area contributed by atoms with E-state index in [0.29, 0.717) is 0 Å². The molecule has 0 N–H and O–H groups in total. The van der Waals surface area contributed by atoms with Gasteiger partial charge in [-0.2, -0.15) is 0 Å². The van der Waals surface area contributed by atoms with Crippen LogP contribution in [0.15, 0.2) is 97.6 Å². The zero-order chi connectivity index (χ0) is 20.3. The van der Waals surface area contributed by atoms with Gasteiger partial charge in [-0.25, -0.2) is 0 Å². The highest BCUT2D eigenvalue weighted by molar-refractivity contribution is 5.64. The Morgan fingerprint density at radius 2 is 0.931 bits per heavy atom. The van der Waals surface area contributed by atoms with E-state index in [4.69, 9.17) is 0 Å². The van der Waals surface area contributed by atoms with Gasteiger partial charge in [0, 0.05) is 0 Å². The second kappa shape index (κ2) is 11.2. The van der Waals surface area contributed by atoms with Crippen LogP contribution in [-0.2, 0) is 25.7 Å². The first-order valence-corrected chi connectivity index (χ1v) is 10.8. The molecule has 0 bridgehead atoms. The highest BCUT2D eigenvalue weighted by atomic mass is 14.1. The van der Waals surface area contributed by atoms with Gasteiger partial charge in [0.05, 0.1) is 0 Å². The van der Waals surface area contributed by atoms with Crippen molar-refractivity contribution < 1.29 is 0 Å². The number of allylic oxidation sites excluding steroid dienone is 3. The highest BCUT2D eigenvalue weighted by Crippen LogP contribution is 2.21. The third-order valence-corrected chi connectivity index (χ3v) is 5.44. The van der Waals surface area contributed by atoms with Crippen LogP contribution in [0.2, 0.25) is 0 Å². The maximum Gasteiger partial charge on any atom is -0.0184 e. The van der Waals surface area contributed by atoms with E-state index in [9.17, 15) is 0 Å². The lowest BCUT2D eigenvalue weighted by atomic mass is 9.98. The Morgan fingerprint density at radius 1 is 0.552 bits per heavy atom. The molecule has 0 saturated carbocycles. The fourth-order valence-electron chi connectivity index (χ4n) is 3.57. The molecule has 0 nitrogen and oxygen atoms in total. The van der Waals surface area contributed by atoms with E-state index in [2.05, 4.69) is 98.5 Å². The van der Waals surface area contributed by atoms with Crippen molar-refractivity contribution in [3.05, 3.63) is 120 Å². The fraction of sp³-hybridized carbons (Fsp3) is 0.241. The molecule has 0 atom stereocenters. The molecule has 0 spiro atoms. The van der Waals surface area contributed by atoms with Crippen molar-refractivity contribution in [2.45, 2.75) is 45.4 Å². The molecule has 0 fully saturated rings. The minimum Gasteiger partial charge on any atom is -0.103 e. The summed E-state index contributed by atoms with van der Waals surface area (Å²) in [5.41, 5.74) is 8.18. The first-order chi connectivity index (χ1) is 14.3. The molecule has 3 aromatic rings. The standard InChI is InChI=1S/C29H32/c1-3-5-7-9-25-16-20-28(21-17-25)29-22-18-27(19-23-29)15-14-26-12-10-24(11-13-26)8-6-4-2/h3-5,10-13,16-23H,2,6-9,14-15H2,1H3/b5-3+. The first kappa shape index (κ1) is 20.9. The predicted octanol–water partition coefficient (Wildman–Crippen LogP) is 7.77. The second-order valence-corrected chi connectivity index (χ2v) is 7.65. The Labute approximate surface area is 176 Å². The SMILES string of the molecule is C=CCCc1ccc(CCc2ccc(-c3ccc(CC/C=C/C)cc3)cc2)cc1. The zero-order valence-electron chi connectivity index (χ0n) is 17.6. The minimum absolute atomic E-state index is 1.05. The minimum atomic E-state index is 1.05. The van der Waals surface area contributed by atoms with Crippen LogP contribution >= 0.6 is 0 Å². The van der Waals surface area contributed by atoms with Gasteiger partial charge in [-0.15, -0.1) is 6.58 Å². The van der Waals surface area contributed by atoms with Gasteiger partial charge >= 0.3 is 0 Å². The molecule has 0 amide bonds. The molecule has 0 aliphatic carbocycles. The van der Waals surface area contributed by atoms with Crippen LogP contribution in [0, 0.1) is 0 Å². The van der Waals surface area contributed by atoms with Crippen molar-refractivity contribution in [2.75, 3.05) is 0 Å². The average Bonchev–Trinajstić information content (AvgIpc) is 2.78. The monoisotopic (exact) mass is 380 g/mol. The Kier molecular flexibility index (Phi) is 8.07. The van der Waals surface area contributed by atoms with Gasteiger partial charge in [0.15, 0.2) is 0 Å². The molecule has 29 heavy (non-hydrogen) atoms. The molecule has 0 aliphatic heterocycles. The largest absolute Gasteiger partial charge is 0.103 e. The summed E-state index contributed by atoms with van der Waals surface area (Å²) in [4.78, 5) is 0. The fourth-order valence-corrected chi connectivity index (χ4v) is 3.57. The Balaban J connectivity index is 1.54. The average molecular weight is 381 g/mol. The van der Waals surface area contributed by atoms with Crippen LogP contribution in [0.25, 0.3) is 11.1 Å². The van der Waals surface area contributed by atoms with E-state index in [-0.39, 0.29) is 0 Å². The molecule has 0 heteroatoms. The lowest BCUT2D eigenvalue weighted by Gasteiger charge is -2.07. The van der Waals surface area contributed by atoms with Crippen LogP contribution in [0.4, 0.5) is 0 Å². The van der Waals surface area contributed by atoms with Gasteiger partial charge < -0.3 is 0 Å². The molecular formula is C29H32. The summed E-state index contributed by atoms with van der Waals surface area (Å²) in [5, 5.41) is 0. The molecule has 0 aromatic heterocycles. The quantitative estimate of drug-likeness (QED) is 0.315. The van der Waals surface area contributed by atoms with E-state index in [0.717, 1.165) is 38.5 Å². The van der Waals surface area contributed by atoms with Crippen LogP contribution in [0.3, 0.4) is 0 Å². The lowest BCUT2D eigenvalue weighted by Crippen LogP contribution is -1.92. The van der Waals surface area contributed by atoms with Crippen LogP contribution in [-0.4, -0.2) is 0 Å². The number of rotatable bonds is 10. The molecule has 0 saturated heterocycles. The Morgan fingerprint density at radius 3 is 1.34 bits per heavy atom. The van der Waals surface area contributed by atoms with Crippen molar-refractivity contribution in [3.63, 3.8) is 0 Å². The maximum atomic E-state index is 3.80. The Bertz CT molecular complexity index is 894. The number of benzene rings is 3. The van der Waals surface area contributed by atoms with E-state index in [1.165, 1.54) is 33.4 Å². The highest BCUT2D eigenvalue weighted by Gasteiger charge is 2.01. The van der Waals surface area contributed by atoms with Gasteiger partial charge in [-0.3, -0.25) is 0 Å². The third kappa shape index (κ3) is 6.61. The lowest BCUT2D eigenvalue weighted by molar-refractivity contribution is 0.951. The van der Waals surface area contributed by atoms with E-state index >= 15 is 0 Å². The molecule has 0 radical (unpaired) electrons. The number of hydrogen-bond acceptors (Lipinski definition) is 0. The molecule has 3 aromatic carbocycles. The van der Waals surface area contributed by atoms with Crippen molar-refractivity contribution in [3.8, 4) is 11.1 Å². The second-order valence-electron chi connectivity index (χ2n) is 7.65. The van der Waals surface area contributed by atoms with Crippen LogP contribution in [0.5, 0.6) is 0 Å². The summed E-state index contributed by atoms with van der Waals surface area (Å²) in [6, 6.07) is 27.1. The molecule has 0 aliphatic rings. The van der Waals surface area contributed by atoms with Crippen LogP contribution in [0.1, 0.15) is 42.0 Å². The normalized spacial score (nSPS) is 11.1. The van der Waals surface area contributed by atoms with Crippen molar-refractivity contribution in [1.82, 2.24) is 0 Å². The van der Waals surface area contributed by atoms with Crippen molar-refractivity contribution >= 4 is 0 Å². The summed E-state index contributed by atoms with van der Waals surface area (Å²) >= 11 is 0. The molecule has 0 heterocycles. The topological polar surface area (TPSA) is 0 Å². The van der Waals surface area contributed by atoms with Crippen LogP contribution < -0.4 is 0 Å². The smallest absolute Gasteiger partial charge is 0.0184 e. The molecular weight excluding hydrogens is 348 g/mol. The van der Waals surface area contributed by atoms with E-state index < -0.39 is 0 Å². The number of hydrogen-bond donors (Lipinski definition) is 0. The summed E-state index contributed by atoms with van der Waals surface area (Å²) in [6.07, 6.45) is 12.8. The van der Waals surface area contributed by atoms with Gasteiger partial charge in [-0.05, 0) is 78.8 Å². The first-order valence-electron chi connectivity index (χ1n) is 10.8. The molecule has 0 unspecified atom stereocenters. The van der Waals surface area contributed by atoms with Gasteiger partial charge in [0.2, 0.25) is 0 Å². The van der Waals surface area contributed by atoms with Gasteiger partial charge in [0.25, 0.3) is 0 Å². The third-order valence-electron chi connectivity index (χ3n) is 5.44. The summed E-state index contributed by atoms with van der Waals surface area (Å²) in [7, 11) is 0. The summed E-state index contributed by atoms with van der Waals surface area (Å²) < 4.78 is 0. The van der Waals surface area contributed by atoms with Gasteiger partial charge in [0.1, 0.15) is 0 Å². The van der Waals surface area contributed by atoms with E-state index in [1.807, 2.05) is 6.08 Å². The van der Waals surface area contributed by atoms with Crippen molar-refractivity contribution in [2.24, 2.45) is 0 Å². The summed E-state index contributed by atoms with van der Waals surface area (Å²) in [6.45, 7) is 5.87. The molecule has 148 valence electrons. The van der Waals surface area contributed by atoms with E-state index in [1.54, 1.807) is 0 Å². The van der Waals surface area contributed by atoms with Gasteiger partial charge in [-0.1, -0.05) is 91.0 Å². The zero-order valence-corrected chi connectivity index (χ0v) is 17.6. The van der Waals surface area contributed by atoms with Crippen molar-refractivity contribution in [1.29, 1.82) is 0 Å². The number of aryl methyl sites for hydroxylation is 4. The predicted molar refractivity (Wildman–Crippen MR) is 127 cm³/mol. The maximum absolute atomic E-state index is 3.80. The Hall–Kier alpha value is -2.86. The molecule has 3 rings (SSSR count).